The molecule has 0 aliphatic rings. The zero-order valence-electron chi connectivity index (χ0n) is 10.4. The molecule has 0 saturated heterocycles. The van der Waals surface area contributed by atoms with Gasteiger partial charge in [-0.1, -0.05) is 18.2 Å². The fourth-order valence-corrected chi connectivity index (χ4v) is 1.83. The fourth-order valence-electron chi connectivity index (χ4n) is 1.83. The minimum Gasteiger partial charge on any atom is -0.329 e. The van der Waals surface area contributed by atoms with Crippen molar-refractivity contribution < 1.29 is 0 Å². The van der Waals surface area contributed by atoms with Crippen LogP contribution in [0.25, 0.3) is 10.9 Å². The standard InChI is InChI=1S/C14H19N3/c1-11(8-15)17(2)10-12-7-13-5-3-4-6-14(13)16-9-12/h3-7,9,11H,8,10,15H2,1-2H3. The predicted octanol–water partition coefficient (Wildman–Crippen LogP) is 2.01. The maximum Gasteiger partial charge on any atom is 0.0702 e. The molecule has 0 aliphatic heterocycles. The van der Waals surface area contributed by atoms with Gasteiger partial charge in [0.15, 0.2) is 0 Å². The molecular formula is C14H19N3. The van der Waals surface area contributed by atoms with E-state index >= 15 is 0 Å². The number of nitrogens with zero attached hydrogens (tertiary/aromatic N) is 2. The molecular weight excluding hydrogens is 210 g/mol. The second kappa shape index (κ2) is 5.25. The first kappa shape index (κ1) is 12.0. The molecule has 0 spiro atoms. The number of aromatic nitrogens is 1. The average molecular weight is 229 g/mol. The summed E-state index contributed by atoms with van der Waals surface area (Å²) in [6, 6.07) is 10.8. The van der Waals surface area contributed by atoms with Crippen molar-refractivity contribution in [2.75, 3.05) is 13.6 Å². The van der Waals surface area contributed by atoms with Gasteiger partial charge in [0.2, 0.25) is 0 Å². The van der Waals surface area contributed by atoms with Crippen LogP contribution in [0.5, 0.6) is 0 Å². The van der Waals surface area contributed by atoms with E-state index in [1.807, 2.05) is 24.4 Å². The van der Waals surface area contributed by atoms with E-state index in [1.54, 1.807) is 0 Å². The van der Waals surface area contributed by atoms with E-state index in [4.69, 9.17) is 5.73 Å². The van der Waals surface area contributed by atoms with Gasteiger partial charge in [-0.2, -0.15) is 0 Å². The van der Waals surface area contributed by atoms with E-state index in [0.29, 0.717) is 12.6 Å². The molecule has 3 heteroatoms. The van der Waals surface area contributed by atoms with Crippen molar-refractivity contribution in [1.82, 2.24) is 9.88 Å². The van der Waals surface area contributed by atoms with Crippen molar-refractivity contribution in [1.29, 1.82) is 0 Å². The van der Waals surface area contributed by atoms with E-state index < -0.39 is 0 Å². The maximum atomic E-state index is 5.66. The van der Waals surface area contributed by atoms with Crippen LogP contribution in [0.1, 0.15) is 12.5 Å². The summed E-state index contributed by atoms with van der Waals surface area (Å²) in [7, 11) is 2.09. The molecule has 0 amide bonds. The summed E-state index contributed by atoms with van der Waals surface area (Å²) in [5.41, 5.74) is 7.94. The fraction of sp³-hybridized carbons (Fsp3) is 0.357. The first-order valence-electron chi connectivity index (χ1n) is 5.94. The number of benzene rings is 1. The number of hydrogen-bond acceptors (Lipinski definition) is 3. The van der Waals surface area contributed by atoms with Crippen molar-refractivity contribution in [2.24, 2.45) is 5.73 Å². The Labute approximate surface area is 102 Å². The van der Waals surface area contributed by atoms with Crippen LogP contribution in [-0.2, 0) is 6.54 Å². The Hall–Kier alpha value is -1.45. The highest BCUT2D eigenvalue weighted by Crippen LogP contribution is 2.14. The summed E-state index contributed by atoms with van der Waals surface area (Å²) in [4.78, 5) is 6.70. The predicted molar refractivity (Wildman–Crippen MR) is 71.7 cm³/mol. The van der Waals surface area contributed by atoms with Crippen LogP contribution in [0, 0.1) is 0 Å². The smallest absolute Gasteiger partial charge is 0.0702 e. The molecule has 2 rings (SSSR count). The average Bonchev–Trinajstić information content (AvgIpc) is 2.37. The molecule has 0 radical (unpaired) electrons. The quantitative estimate of drug-likeness (QED) is 0.872. The van der Waals surface area contributed by atoms with Gasteiger partial charge < -0.3 is 5.73 Å². The Morgan fingerprint density at radius 3 is 2.88 bits per heavy atom. The number of hydrogen-bond donors (Lipinski definition) is 1. The first-order chi connectivity index (χ1) is 8.20. The highest BCUT2D eigenvalue weighted by Gasteiger charge is 2.07. The Kier molecular flexibility index (Phi) is 3.71. The molecule has 2 N–H and O–H groups in total. The largest absolute Gasteiger partial charge is 0.329 e. The van der Waals surface area contributed by atoms with Crippen LogP contribution in [0.4, 0.5) is 0 Å². The minimum absolute atomic E-state index is 0.390. The van der Waals surface area contributed by atoms with E-state index in [0.717, 1.165) is 12.1 Å². The number of likely N-dealkylation sites (N-methyl/N-ethyl adjacent to an activating group) is 1. The Bertz CT molecular complexity index is 496. The zero-order chi connectivity index (χ0) is 12.3. The maximum absolute atomic E-state index is 5.66. The number of rotatable bonds is 4. The molecule has 1 unspecified atom stereocenters. The molecule has 1 atom stereocenters. The van der Waals surface area contributed by atoms with E-state index in [9.17, 15) is 0 Å². The molecule has 3 nitrogen and oxygen atoms in total. The second-order valence-electron chi connectivity index (χ2n) is 4.54. The molecule has 0 aliphatic carbocycles. The van der Waals surface area contributed by atoms with Gasteiger partial charge in [0.25, 0.3) is 0 Å². The molecule has 17 heavy (non-hydrogen) atoms. The lowest BCUT2D eigenvalue weighted by molar-refractivity contribution is 0.254. The lowest BCUT2D eigenvalue weighted by Crippen LogP contribution is -2.34. The molecule has 2 aromatic rings. The third-order valence-electron chi connectivity index (χ3n) is 3.17. The summed E-state index contributed by atoms with van der Waals surface area (Å²) in [6.07, 6.45) is 1.95. The van der Waals surface area contributed by atoms with Gasteiger partial charge in [0.1, 0.15) is 0 Å². The molecule has 0 fully saturated rings. The van der Waals surface area contributed by atoms with Crippen LogP contribution >= 0.6 is 0 Å². The third kappa shape index (κ3) is 2.81. The number of pyridine rings is 1. The zero-order valence-corrected chi connectivity index (χ0v) is 10.4. The van der Waals surface area contributed by atoms with Crippen molar-refractivity contribution in [3.05, 3.63) is 42.1 Å². The Balaban J connectivity index is 2.19. The highest BCUT2D eigenvalue weighted by atomic mass is 15.1. The third-order valence-corrected chi connectivity index (χ3v) is 3.17. The first-order valence-corrected chi connectivity index (χ1v) is 5.94. The normalized spacial score (nSPS) is 13.2. The van der Waals surface area contributed by atoms with Crippen molar-refractivity contribution >= 4 is 10.9 Å². The SMILES string of the molecule is CC(CN)N(C)Cc1cnc2ccccc2c1. The van der Waals surface area contributed by atoms with Gasteiger partial charge in [-0.15, -0.1) is 0 Å². The number of fused-ring (bicyclic) bond motifs is 1. The molecule has 0 bridgehead atoms. The van der Waals surface area contributed by atoms with Gasteiger partial charge in [0.05, 0.1) is 5.52 Å². The van der Waals surface area contributed by atoms with Gasteiger partial charge in [0, 0.05) is 30.7 Å². The van der Waals surface area contributed by atoms with E-state index in [-0.39, 0.29) is 0 Å². The van der Waals surface area contributed by atoms with Crippen molar-refractivity contribution in [3.63, 3.8) is 0 Å². The van der Waals surface area contributed by atoms with Crippen molar-refractivity contribution in [3.8, 4) is 0 Å². The number of nitrogens with two attached hydrogens (primary N) is 1. The lowest BCUT2D eigenvalue weighted by atomic mass is 10.1. The summed E-state index contributed by atoms with van der Waals surface area (Å²) in [6.45, 7) is 3.70. The number of para-hydroxylation sites is 1. The topological polar surface area (TPSA) is 42.1 Å². The molecule has 1 aromatic carbocycles. The van der Waals surface area contributed by atoms with Gasteiger partial charge >= 0.3 is 0 Å². The lowest BCUT2D eigenvalue weighted by Gasteiger charge is -2.23. The molecule has 90 valence electrons. The van der Waals surface area contributed by atoms with Crippen LogP contribution < -0.4 is 5.73 Å². The Morgan fingerprint density at radius 1 is 1.35 bits per heavy atom. The van der Waals surface area contributed by atoms with E-state index in [2.05, 4.69) is 36.0 Å². The van der Waals surface area contributed by atoms with Crippen LogP contribution in [0.3, 0.4) is 0 Å². The summed E-state index contributed by atoms with van der Waals surface area (Å²) in [5.74, 6) is 0. The summed E-state index contributed by atoms with van der Waals surface area (Å²) < 4.78 is 0. The van der Waals surface area contributed by atoms with Crippen LogP contribution in [0.2, 0.25) is 0 Å². The van der Waals surface area contributed by atoms with Gasteiger partial charge in [-0.25, -0.2) is 0 Å². The Morgan fingerprint density at radius 2 is 2.12 bits per heavy atom. The van der Waals surface area contributed by atoms with E-state index in [1.165, 1.54) is 10.9 Å². The van der Waals surface area contributed by atoms with Crippen molar-refractivity contribution in [2.45, 2.75) is 19.5 Å². The van der Waals surface area contributed by atoms with Crippen LogP contribution in [0.15, 0.2) is 36.5 Å². The highest BCUT2D eigenvalue weighted by molar-refractivity contribution is 5.78. The second-order valence-corrected chi connectivity index (χ2v) is 4.54. The minimum atomic E-state index is 0.390. The van der Waals surface area contributed by atoms with Gasteiger partial charge in [-0.05, 0) is 31.7 Å². The van der Waals surface area contributed by atoms with Crippen LogP contribution in [-0.4, -0.2) is 29.5 Å². The molecule has 1 heterocycles. The van der Waals surface area contributed by atoms with Gasteiger partial charge in [-0.3, -0.25) is 9.88 Å². The summed E-state index contributed by atoms with van der Waals surface area (Å²) in [5, 5.41) is 1.19. The molecule has 1 aromatic heterocycles. The molecule has 0 saturated carbocycles. The summed E-state index contributed by atoms with van der Waals surface area (Å²) >= 11 is 0. The monoisotopic (exact) mass is 229 g/mol.